The molecule has 2 N–H and O–H groups in total. The van der Waals surface area contributed by atoms with E-state index in [0.717, 1.165) is 6.42 Å². The van der Waals surface area contributed by atoms with Crippen LogP contribution in [-0.4, -0.2) is 26.5 Å². The van der Waals surface area contributed by atoms with Gasteiger partial charge < -0.3 is 5.73 Å². The van der Waals surface area contributed by atoms with Crippen LogP contribution < -0.4 is 5.73 Å². The van der Waals surface area contributed by atoms with Crippen LogP contribution >= 0.6 is 0 Å². The molecule has 0 aromatic heterocycles. The molecule has 1 aliphatic carbocycles. The molecule has 9 heavy (non-hydrogen) atoms. The lowest BCUT2D eigenvalue weighted by atomic mass is 10.4. The van der Waals surface area contributed by atoms with Crippen molar-refractivity contribution in [1.82, 2.24) is 0 Å². The van der Waals surface area contributed by atoms with E-state index in [4.69, 9.17) is 5.73 Å². The molecular formula is C5H11NO2S. The highest BCUT2D eigenvalue weighted by molar-refractivity contribution is 7.91. The van der Waals surface area contributed by atoms with Crippen molar-refractivity contribution in [1.29, 1.82) is 0 Å². The Kier molecular flexibility index (Phi) is 1.52. The lowest BCUT2D eigenvalue weighted by Gasteiger charge is -1.90. The van der Waals surface area contributed by atoms with E-state index in [1.54, 1.807) is 0 Å². The Morgan fingerprint density at radius 3 is 2.33 bits per heavy atom. The van der Waals surface area contributed by atoms with Gasteiger partial charge in [0.2, 0.25) is 0 Å². The van der Waals surface area contributed by atoms with Crippen molar-refractivity contribution in [3.63, 3.8) is 0 Å². The summed E-state index contributed by atoms with van der Waals surface area (Å²) in [5.74, 6) is 0.250. The summed E-state index contributed by atoms with van der Waals surface area (Å²) in [5.41, 5.74) is 5.26. The topological polar surface area (TPSA) is 60.2 Å². The SMILES string of the molecule is CS(=O)(=O)C1CC1CN. The van der Waals surface area contributed by atoms with Crippen LogP contribution in [0.1, 0.15) is 6.42 Å². The van der Waals surface area contributed by atoms with Crippen LogP contribution in [0.25, 0.3) is 0 Å². The van der Waals surface area contributed by atoms with Gasteiger partial charge in [-0.1, -0.05) is 0 Å². The minimum atomic E-state index is -2.77. The van der Waals surface area contributed by atoms with Gasteiger partial charge in [0.05, 0.1) is 5.25 Å². The van der Waals surface area contributed by atoms with Crippen molar-refractivity contribution in [3.8, 4) is 0 Å². The molecule has 0 saturated heterocycles. The normalized spacial score (nSPS) is 34.4. The van der Waals surface area contributed by atoms with Crippen LogP contribution in [0.4, 0.5) is 0 Å². The smallest absolute Gasteiger partial charge is 0.150 e. The van der Waals surface area contributed by atoms with Crippen LogP contribution in [0, 0.1) is 5.92 Å². The van der Waals surface area contributed by atoms with Gasteiger partial charge in [0, 0.05) is 6.26 Å². The molecule has 2 atom stereocenters. The minimum Gasteiger partial charge on any atom is -0.330 e. The highest BCUT2D eigenvalue weighted by atomic mass is 32.2. The standard InChI is InChI=1S/C5H11NO2S/c1-9(7,8)5-2-4(5)3-6/h4-5H,2-3,6H2,1H3. The summed E-state index contributed by atoms with van der Waals surface area (Å²) in [4.78, 5) is 0. The van der Waals surface area contributed by atoms with Crippen molar-refractivity contribution in [3.05, 3.63) is 0 Å². The Labute approximate surface area is 55.2 Å². The zero-order valence-corrected chi connectivity index (χ0v) is 6.19. The fraction of sp³-hybridized carbons (Fsp3) is 1.00. The van der Waals surface area contributed by atoms with Gasteiger partial charge in [-0.2, -0.15) is 0 Å². The molecule has 0 spiro atoms. The van der Waals surface area contributed by atoms with Gasteiger partial charge in [0.1, 0.15) is 0 Å². The maximum Gasteiger partial charge on any atom is 0.150 e. The monoisotopic (exact) mass is 149 g/mol. The highest BCUT2D eigenvalue weighted by Crippen LogP contribution is 2.35. The Bertz CT molecular complexity index is 197. The third-order valence-corrected chi connectivity index (χ3v) is 3.39. The molecule has 3 nitrogen and oxygen atoms in total. The molecule has 0 heterocycles. The van der Waals surface area contributed by atoms with E-state index in [-0.39, 0.29) is 11.2 Å². The lowest BCUT2D eigenvalue weighted by Crippen LogP contribution is -2.11. The summed E-state index contributed by atoms with van der Waals surface area (Å²) in [7, 11) is -2.77. The molecule has 0 bridgehead atoms. The van der Waals surface area contributed by atoms with E-state index in [2.05, 4.69) is 0 Å². The molecular weight excluding hydrogens is 138 g/mol. The molecule has 1 fully saturated rings. The number of hydrogen-bond donors (Lipinski definition) is 1. The summed E-state index contributed by atoms with van der Waals surface area (Å²) in [6.45, 7) is 0.512. The van der Waals surface area contributed by atoms with Crippen LogP contribution in [0.2, 0.25) is 0 Å². The van der Waals surface area contributed by atoms with Gasteiger partial charge in [0.15, 0.2) is 9.84 Å². The largest absolute Gasteiger partial charge is 0.330 e. The van der Waals surface area contributed by atoms with Crippen molar-refractivity contribution in [2.75, 3.05) is 12.8 Å². The second-order valence-electron chi connectivity index (χ2n) is 2.60. The first-order valence-corrected chi connectivity index (χ1v) is 4.90. The average Bonchev–Trinajstić information content (AvgIpc) is 2.39. The van der Waals surface area contributed by atoms with Crippen LogP contribution in [0.15, 0.2) is 0 Å². The van der Waals surface area contributed by atoms with Gasteiger partial charge in [-0.3, -0.25) is 0 Å². The van der Waals surface area contributed by atoms with Gasteiger partial charge in [-0.15, -0.1) is 0 Å². The average molecular weight is 149 g/mol. The maximum absolute atomic E-state index is 10.7. The summed E-state index contributed by atoms with van der Waals surface area (Å²) >= 11 is 0. The van der Waals surface area contributed by atoms with E-state index in [9.17, 15) is 8.42 Å². The third kappa shape index (κ3) is 1.43. The van der Waals surface area contributed by atoms with Gasteiger partial charge >= 0.3 is 0 Å². The number of nitrogens with two attached hydrogens (primary N) is 1. The molecule has 2 unspecified atom stereocenters. The van der Waals surface area contributed by atoms with Crippen molar-refractivity contribution in [2.24, 2.45) is 11.7 Å². The molecule has 54 valence electrons. The predicted octanol–water partition coefficient (Wildman–Crippen LogP) is -0.622. The van der Waals surface area contributed by atoms with Crippen LogP contribution in [0.3, 0.4) is 0 Å². The molecule has 0 aromatic carbocycles. The fourth-order valence-corrected chi connectivity index (χ4v) is 2.40. The van der Waals surface area contributed by atoms with Crippen molar-refractivity contribution in [2.45, 2.75) is 11.7 Å². The summed E-state index contributed by atoms with van der Waals surface area (Å²) in [6, 6.07) is 0. The first kappa shape index (κ1) is 7.02. The zero-order chi connectivity index (χ0) is 7.07. The van der Waals surface area contributed by atoms with E-state index >= 15 is 0 Å². The third-order valence-electron chi connectivity index (χ3n) is 1.71. The lowest BCUT2D eigenvalue weighted by molar-refractivity contribution is 0.598. The molecule has 1 rings (SSSR count). The molecule has 4 heteroatoms. The second-order valence-corrected chi connectivity index (χ2v) is 4.86. The number of rotatable bonds is 2. The van der Waals surface area contributed by atoms with E-state index < -0.39 is 9.84 Å². The van der Waals surface area contributed by atoms with Crippen molar-refractivity contribution >= 4 is 9.84 Å². The molecule has 0 amide bonds. The summed E-state index contributed by atoms with van der Waals surface area (Å²) < 4.78 is 21.4. The summed E-state index contributed by atoms with van der Waals surface area (Å²) in [5, 5.41) is -0.123. The summed E-state index contributed by atoms with van der Waals surface area (Å²) in [6.07, 6.45) is 2.04. The molecule has 0 aliphatic heterocycles. The van der Waals surface area contributed by atoms with Crippen molar-refractivity contribution < 1.29 is 8.42 Å². The van der Waals surface area contributed by atoms with E-state index in [0.29, 0.717) is 6.54 Å². The maximum atomic E-state index is 10.7. The minimum absolute atomic E-state index is 0.123. The first-order chi connectivity index (χ1) is 4.05. The number of hydrogen-bond acceptors (Lipinski definition) is 3. The van der Waals surface area contributed by atoms with E-state index in [1.165, 1.54) is 6.26 Å². The fourth-order valence-electron chi connectivity index (χ4n) is 0.992. The Hall–Kier alpha value is -0.0900. The predicted molar refractivity (Wildman–Crippen MR) is 35.8 cm³/mol. The van der Waals surface area contributed by atoms with E-state index in [1.807, 2.05) is 0 Å². The van der Waals surface area contributed by atoms with Gasteiger partial charge in [-0.25, -0.2) is 8.42 Å². The number of sulfone groups is 1. The second kappa shape index (κ2) is 1.95. The van der Waals surface area contributed by atoms with Gasteiger partial charge in [0.25, 0.3) is 0 Å². The molecule has 0 radical (unpaired) electrons. The Balaban J connectivity index is 2.53. The quantitative estimate of drug-likeness (QED) is 0.569. The van der Waals surface area contributed by atoms with Crippen LogP contribution in [0.5, 0.6) is 0 Å². The molecule has 1 aliphatic rings. The van der Waals surface area contributed by atoms with Gasteiger partial charge in [-0.05, 0) is 18.9 Å². The molecule has 1 saturated carbocycles. The Morgan fingerprint density at radius 1 is 1.67 bits per heavy atom. The van der Waals surface area contributed by atoms with Crippen LogP contribution in [-0.2, 0) is 9.84 Å². The Morgan fingerprint density at radius 2 is 2.22 bits per heavy atom. The molecule has 0 aromatic rings. The highest BCUT2D eigenvalue weighted by Gasteiger charge is 2.43. The first-order valence-electron chi connectivity index (χ1n) is 2.94. The zero-order valence-electron chi connectivity index (χ0n) is 5.37.